The molecular weight excluding hydrogens is 451 g/mol. The number of rotatable bonds is 9. The number of ether oxygens (including phenoxy) is 2. The molecule has 6 nitrogen and oxygen atoms in total. The van der Waals surface area contributed by atoms with Gasteiger partial charge in [0, 0.05) is 33.1 Å². The van der Waals surface area contributed by atoms with E-state index in [1.165, 1.54) is 6.92 Å². The van der Waals surface area contributed by atoms with Gasteiger partial charge in [0.15, 0.2) is 0 Å². The van der Waals surface area contributed by atoms with Crippen LogP contribution in [0.3, 0.4) is 0 Å². The van der Waals surface area contributed by atoms with Crippen LogP contribution >= 0.6 is 23.2 Å². The van der Waals surface area contributed by atoms with Gasteiger partial charge in [0.1, 0.15) is 31.3 Å². The second-order valence-corrected chi connectivity index (χ2v) is 9.17. The summed E-state index contributed by atoms with van der Waals surface area (Å²) in [5.74, 6) is -0.142. The van der Waals surface area contributed by atoms with Crippen LogP contribution in [0, 0.1) is 0 Å². The number of halogens is 2. The third-order valence-electron chi connectivity index (χ3n) is 6.23. The van der Waals surface area contributed by atoms with Crippen molar-refractivity contribution in [2.24, 2.45) is 0 Å². The van der Waals surface area contributed by atoms with E-state index in [9.17, 15) is 9.90 Å². The minimum Gasteiger partial charge on any atom is -0.387 e. The second-order valence-electron chi connectivity index (χ2n) is 8.36. The van der Waals surface area contributed by atoms with Gasteiger partial charge in [-0.15, -0.1) is 0 Å². The van der Waals surface area contributed by atoms with Crippen molar-refractivity contribution in [2.75, 3.05) is 33.9 Å². The molecule has 2 aromatic rings. The van der Waals surface area contributed by atoms with Crippen LogP contribution in [0.25, 0.3) is 0 Å². The Bertz CT molecular complexity index is 910. The van der Waals surface area contributed by atoms with E-state index in [4.69, 9.17) is 32.7 Å². The molecule has 0 saturated carbocycles. The average molecular weight is 482 g/mol. The molecule has 2 aromatic carbocycles. The third kappa shape index (κ3) is 5.63. The first-order chi connectivity index (χ1) is 15.3. The Hall–Kier alpha value is -1.67. The van der Waals surface area contributed by atoms with Crippen LogP contribution in [0.2, 0.25) is 10.0 Å². The molecule has 1 aliphatic heterocycles. The second kappa shape index (κ2) is 11.0. The summed E-state index contributed by atoms with van der Waals surface area (Å²) in [7, 11) is 3.21. The molecule has 0 radical (unpaired) electrons. The van der Waals surface area contributed by atoms with Crippen molar-refractivity contribution in [3.05, 3.63) is 69.7 Å². The summed E-state index contributed by atoms with van der Waals surface area (Å²) in [4.78, 5) is 12.3. The highest BCUT2D eigenvalue weighted by Crippen LogP contribution is 2.44. The Morgan fingerprint density at radius 3 is 2.34 bits per heavy atom. The van der Waals surface area contributed by atoms with E-state index in [0.29, 0.717) is 40.6 Å². The molecule has 0 spiro atoms. The van der Waals surface area contributed by atoms with Crippen LogP contribution in [0.5, 0.6) is 0 Å². The summed E-state index contributed by atoms with van der Waals surface area (Å²) < 4.78 is 11.6. The van der Waals surface area contributed by atoms with Gasteiger partial charge in [-0.05, 0) is 17.7 Å². The number of amides is 1. The van der Waals surface area contributed by atoms with Crippen LogP contribution in [-0.2, 0) is 14.3 Å². The zero-order chi connectivity index (χ0) is 23.3. The highest BCUT2D eigenvalue weighted by atomic mass is 35.5. The normalized spacial score (nSPS) is 22.7. The molecule has 8 heteroatoms. The van der Waals surface area contributed by atoms with Gasteiger partial charge in [0.2, 0.25) is 12.2 Å². The topological polar surface area (TPSA) is 67.8 Å². The number of aliphatic hydroxyl groups is 1. The lowest BCUT2D eigenvalue weighted by Gasteiger charge is -2.46. The molecule has 32 heavy (non-hydrogen) atoms. The van der Waals surface area contributed by atoms with Gasteiger partial charge in [0.25, 0.3) is 0 Å². The molecule has 1 saturated heterocycles. The number of hydrogen-bond donors (Lipinski definition) is 2. The first-order valence-corrected chi connectivity index (χ1v) is 11.4. The first kappa shape index (κ1) is 25.0. The van der Waals surface area contributed by atoms with Gasteiger partial charge in [-0.2, -0.15) is 0 Å². The van der Waals surface area contributed by atoms with Crippen molar-refractivity contribution < 1.29 is 23.9 Å². The van der Waals surface area contributed by atoms with E-state index in [1.807, 2.05) is 42.5 Å². The molecule has 1 heterocycles. The van der Waals surface area contributed by atoms with E-state index < -0.39 is 12.4 Å². The van der Waals surface area contributed by atoms with Crippen LogP contribution in [-0.4, -0.2) is 61.7 Å². The number of quaternary nitrogens is 1. The third-order valence-corrected chi connectivity index (χ3v) is 6.97. The Morgan fingerprint density at radius 2 is 1.81 bits per heavy atom. The first-order valence-electron chi connectivity index (χ1n) is 10.7. The minimum atomic E-state index is -0.473. The molecule has 0 aliphatic carbocycles. The number of nitrogens with one attached hydrogen (secondary N) is 1. The summed E-state index contributed by atoms with van der Waals surface area (Å²) in [6.07, 6.45) is -0.303. The van der Waals surface area contributed by atoms with Gasteiger partial charge in [-0.3, -0.25) is 4.79 Å². The molecule has 0 bridgehead atoms. The van der Waals surface area contributed by atoms with Gasteiger partial charge in [0.05, 0.1) is 16.6 Å². The molecule has 3 rings (SSSR count). The van der Waals surface area contributed by atoms with Crippen molar-refractivity contribution >= 4 is 29.1 Å². The fourth-order valence-electron chi connectivity index (χ4n) is 4.83. The predicted octanol–water partition coefficient (Wildman–Crippen LogP) is 4.11. The van der Waals surface area contributed by atoms with Crippen LogP contribution in [0.4, 0.5) is 0 Å². The summed E-state index contributed by atoms with van der Waals surface area (Å²) in [6.45, 7) is 3.20. The maximum absolute atomic E-state index is 12.3. The van der Waals surface area contributed by atoms with Gasteiger partial charge in [-0.1, -0.05) is 59.6 Å². The Morgan fingerprint density at radius 1 is 1.12 bits per heavy atom. The van der Waals surface area contributed by atoms with Crippen molar-refractivity contribution in [3.8, 4) is 0 Å². The van der Waals surface area contributed by atoms with Gasteiger partial charge in [-0.25, -0.2) is 0 Å². The lowest BCUT2D eigenvalue weighted by atomic mass is 9.89. The van der Waals surface area contributed by atoms with Crippen LogP contribution in [0.15, 0.2) is 48.5 Å². The van der Waals surface area contributed by atoms with E-state index in [1.54, 1.807) is 20.3 Å². The minimum absolute atomic E-state index is 0.142. The fraction of sp³-hybridized carbons (Fsp3) is 0.458. The lowest BCUT2D eigenvalue weighted by molar-refractivity contribution is -0.954. The maximum atomic E-state index is 12.3. The Balaban J connectivity index is 2.21. The number of aliphatic hydroxyl groups excluding tert-OH is 1. The summed E-state index contributed by atoms with van der Waals surface area (Å²) in [5, 5.41) is 14.7. The largest absolute Gasteiger partial charge is 0.387 e. The Labute approximate surface area is 199 Å². The molecule has 1 aliphatic rings. The predicted molar refractivity (Wildman–Crippen MR) is 125 cm³/mol. The summed E-state index contributed by atoms with van der Waals surface area (Å²) in [5.41, 5.74) is 1.88. The lowest BCUT2D eigenvalue weighted by Crippen LogP contribution is -2.57. The SMILES string of the molecule is COC(C[N+]1(C(c2ccc(Cl)c(Cl)c2)[C@@H](NC(C)=O)c2ccccc2)CC[C@H](O)C1)OC. The monoisotopic (exact) mass is 481 g/mol. The van der Waals surface area contributed by atoms with Gasteiger partial charge < -0.3 is 24.4 Å². The summed E-state index contributed by atoms with van der Waals surface area (Å²) >= 11 is 12.7. The molecule has 2 N–H and O–H groups in total. The summed E-state index contributed by atoms with van der Waals surface area (Å²) in [6, 6.07) is 14.8. The standard InChI is InChI=1S/C24H30Cl2N2O4/c1-16(29)27-23(17-7-5-4-6-8-17)24(18-9-10-20(25)21(26)13-18)28(12-11-19(30)14-28)15-22(31-2)32-3/h4-10,13,19,22-24,30H,11-12,14-15H2,1-3H3/p+1/t19-,23-,24?,28?/m0/s1. The van der Waals surface area contributed by atoms with Crippen molar-refractivity contribution in [3.63, 3.8) is 0 Å². The van der Waals surface area contributed by atoms with E-state index >= 15 is 0 Å². The molecule has 1 fully saturated rings. The van der Waals surface area contributed by atoms with Crippen LogP contribution in [0.1, 0.15) is 36.6 Å². The number of methoxy groups -OCH3 is 2. The average Bonchev–Trinajstić information content (AvgIpc) is 3.15. The van der Waals surface area contributed by atoms with Crippen LogP contribution < -0.4 is 5.32 Å². The number of likely N-dealkylation sites (tertiary alicyclic amines) is 1. The van der Waals surface area contributed by atoms with E-state index in [0.717, 1.165) is 11.1 Å². The smallest absolute Gasteiger partial charge is 0.217 e. The number of carbonyl (C=O) groups is 1. The van der Waals surface area contributed by atoms with Crippen molar-refractivity contribution in [2.45, 2.75) is 37.8 Å². The molecule has 0 aromatic heterocycles. The van der Waals surface area contributed by atoms with E-state index in [-0.39, 0.29) is 18.0 Å². The zero-order valence-electron chi connectivity index (χ0n) is 18.6. The van der Waals surface area contributed by atoms with Gasteiger partial charge >= 0.3 is 0 Å². The van der Waals surface area contributed by atoms with Crippen molar-refractivity contribution in [1.82, 2.24) is 5.32 Å². The molecular formula is C24H31Cl2N2O4+. The van der Waals surface area contributed by atoms with E-state index in [2.05, 4.69) is 5.32 Å². The highest BCUT2D eigenvalue weighted by molar-refractivity contribution is 6.42. The zero-order valence-corrected chi connectivity index (χ0v) is 20.1. The fourth-order valence-corrected chi connectivity index (χ4v) is 5.13. The van der Waals surface area contributed by atoms with Crippen molar-refractivity contribution in [1.29, 1.82) is 0 Å². The number of hydrogen-bond acceptors (Lipinski definition) is 4. The maximum Gasteiger partial charge on any atom is 0.217 e. The molecule has 174 valence electrons. The number of benzene rings is 2. The molecule has 4 atom stereocenters. The molecule has 2 unspecified atom stereocenters. The number of nitrogens with zero attached hydrogens (tertiary/aromatic N) is 1. The Kier molecular flexibility index (Phi) is 8.55. The molecule has 1 amide bonds. The highest BCUT2D eigenvalue weighted by Gasteiger charge is 2.50. The number of carbonyl (C=O) groups excluding carboxylic acids is 1. The quantitative estimate of drug-likeness (QED) is 0.417.